The molecule has 2 amide bonds. The fourth-order valence-corrected chi connectivity index (χ4v) is 9.70. The van der Waals surface area contributed by atoms with Crippen LogP contribution in [0.3, 0.4) is 0 Å². The molecule has 4 aliphatic heterocycles. The van der Waals surface area contributed by atoms with Gasteiger partial charge in [0.1, 0.15) is 11.2 Å². The van der Waals surface area contributed by atoms with Crippen molar-refractivity contribution in [1.82, 2.24) is 34.5 Å². The van der Waals surface area contributed by atoms with E-state index in [9.17, 15) is 14.4 Å². The van der Waals surface area contributed by atoms with Gasteiger partial charge in [-0.15, -0.1) is 0 Å². The third-order valence-electron chi connectivity index (χ3n) is 13.2. The molecule has 4 atom stereocenters. The zero-order chi connectivity index (χ0) is 43.0. The van der Waals surface area contributed by atoms with Gasteiger partial charge in [-0.3, -0.25) is 29.3 Å². The Morgan fingerprint density at radius 2 is 1.76 bits per heavy atom. The number of imide groups is 1. The lowest BCUT2D eigenvalue weighted by molar-refractivity contribution is -0.134. The number of ether oxygens (including phenoxy) is 1. The first kappa shape index (κ1) is 40.5. The van der Waals surface area contributed by atoms with Crippen LogP contribution in [0.4, 0.5) is 42.0 Å². The van der Waals surface area contributed by atoms with Crippen LogP contribution in [-0.2, 0) is 23.7 Å². The maximum absolute atomic E-state index is 16.0. The van der Waals surface area contributed by atoms with Gasteiger partial charge in [0.25, 0.3) is 5.56 Å². The second-order valence-electron chi connectivity index (χ2n) is 17.3. The number of aryl methyl sites for hydroxylation is 2. The molecule has 19 heteroatoms. The molecule has 5 aliphatic rings. The van der Waals surface area contributed by atoms with Gasteiger partial charge in [0.05, 0.1) is 47.1 Å². The van der Waals surface area contributed by atoms with E-state index in [1.165, 1.54) is 10.8 Å². The Balaban J connectivity index is 0.777. The van der Waals surface area contributed by atoms with Gasteiger partial charge in [-0.05, 0) is 68.0 Å². The van der Waals surface area contributed by atoms with Crippen molar-refractivity contribution < 1.29 is 27.5 Å². The Labute approximate surface area is 359 Å². The normalized spacial score (nSPS) is 24.4. The highest BCUT2D eigenvalue weighted by atomic mass is 35.5. The summed E-state index contributed by atoms with van der Waals surface area (Å²) in [7, 11) is 3.44. The number of rotatable bonds is 8. The average Bonchev–Trinajstić information content (AvgIpc) is 4.06. The number of carbonyl (C=O) groups is 2. The van der Waals surface area contributed by atoms with Crippen molar-refractivity contribution in [3.63, 3.8) is 0 Å². The minimum absolute atomic E-state index is 0.131. The highest BCUT2D eigenvalue weighted by molar-refractivity contribution is 6.33. The molecule has 1 aliphatic carbocycles. The van der Waals surface area contributed by atoms with E-state index in [4.69, 9.17) is 21.3 Å². The molecular formula is C43H47ClF3N11O4. The molecule has 4 fully saturated rings. The number of benzene rings is 2. The monoisotopic (exact) mass is 873 g/mol. The number of piperazine rings is 1. The van der Waals surface area contributed by atoms with Gasteiger partial charge in [-0.25, -0.2) is 18.2 Å². The lowest BCUT2D eigenvalue weighted by Gasteiger charge is -2.40. The molecule has 3 N–H and O–H groups in total. The zero-order valence-electron chi connectivity index (χ0n) is 34.3. The number of nitrogens with zero attached hydrogens (tertiary/aromatic N) is 8. The number of aromatic nitrogens is 5. The fourth-order valence-electron chi connectivity index (χ4n) is 9.56. The van der Waals surface area contributed by atoms with E-state index in [-0.39, 0.29) is 46.7 Å². The van der Waals surface area contributed by atoms with Gasteiger partial charge in [-0.1, -0.05) is 11.6 Å². The van der Waals surface area contributed by atoms with E-state index in [0.717, 1.165) is 42.8 Å². The molecule has 0 bridgehead atoms. The quantitative estimate of drug-likeness (QED) is 0.173. The first-order valence-electron chi connectivity index (χ1n) is 21.2. The molecule has 3 saturated heterocycles. The molecular weight excluding hydrogens is 827 g/mol. The van der Waals surface area contributed by atoms with E-state index in [0.29, 0.717) is 79.2 Å². The third-order valence-corrected chi connectivity index (χ3v) is 13.5. The highest BCUT2D eigenvalue weighted by Crippen LogP contribution is 2.46. The first-order valence-corrected chi connectivity index (χ1v) is 21.6. The molecule has 326 valence electrons. The molecule has 0 radical (unpaired) electrons. The zero-order valence-corrected chi connectivity index (χ0v) is 35.1. The minimum atomic E-state index is -3.16. The molecule has 62 heavy (non-hydrogen) atoms. The third kappa shape index (κ3) is 7.43. The summed E-state index contributed by atoms with van der Waals surface area (Å²) < 4.78 is 55.0. The van der Waals surface area contributed by atoms with E-state index in [2.05, 4.69) is 48.0 Å². The lowest BCUT2D eigenvalue weighted by atomic mass is 9.93. The van der Waals surface area contributed by atoms with E-state index in [1.54, 1.807) is 29.9 Å². The van der Waals surface area contributed by atoms with Crippen LogP contribution in [0.5, 0.6) is 5.75 Å². The standard InChI is InChI=1S/C43H47ClF3N11O4/c1-54-32-9-5-25(17-29(32)36-37(41(54)61)62-22-43(46,47)38(51-36)23-3-4-23)49-39-30(44)19-48-42(52-39)58-12-11-24(31(45)21-58)20-56-13-15-57(16-14-56)26-6-7-27-33(18-26)55(2)53-35(27)28-8-10-34(59)50-40(28)60/h5-7,9,17-19,23-24,28,31,38,51H,3-4,8,10-16,20-22H2,1-2H3,(H,48,49,52)(H,50,59,60)/t24-,28?,31+,38?/m0/s1. The van der Waals surface area contributed by atoms with Crippen LogP contribution >= 0.6 is 11.6 Å². The van der Waals surface area contributed by atoms with Gasteiger partial charge in [0.15, 0.2) is 12.4 Å². The molecule has 2 unspecified atom stereocenters. The van der Waals surface area contributed by atoms with Crippen LogP contribution in [0.25, 0.3) is 21.8 Å². The van der Waals surface area contributed by atoms with Gasteiger partial charge in [-0.2, -0.15) is 10.1 Å². The summed E-state index contributed by atoms with van der Waals surface area (Å²) >= 11 is 6.58. The Morgan fingerprint density at radius 1 is 0.952 bits per heavy atom. The summed E-state index contributed by atoms with van der Waals surface area (Å²) in [6.45, 7) is 3.60. The van der Waals surface area contributed by atoms with Gasteiger partial charge in [0, 0.05) is 87.8 Å². The predicted octanol–water partition coefficient (Wildman–Crippen LogP) is 5.34. The summed E-state index contributed by atoms with van der Waals surface area (Å²) in [6.07, 6.45) is 3.09. The number of hydrogen-bond donors (Lipinski definition) is 3. The second kappa shape index (κ2) is 15.6. The predicted molar refractivity (Wildman–Crippen MR) is 230 cm³/mol. The summed E-state index contributed by atoms with van der Waals surface area (Å²) in [5.41, 5.74) is 3.49. The Morgan fingerprint density at radius 3 is 2.52 bits per heavy atom. The summed E-state index contributed by atoms with van der Waals surface area (Å²) in [5.74, 6) is -4.04. The maximum Gasteiger partial charge on any atom is 0.301 e. The first-order chi connectivity index (χ1) is 29.8. The molecule has 1 saturated carbocycles. The molecule has 7 heterocycles. The van der Waals surface area contributed by atoms with Crippen molar-refractivity contribution >= 4 is 74.0 Å². The van der Waals surface area contributed by atoms with E-state index >= 15 is 13.2 Å². The Bertz CT molecular complexity index is 2670. The van der Waals surface area contributed by atoms with Crippen molar-refractivity contribution in [3.05, 3.63) is 63.7 Å². The number of pyridine rings is 1. The van der Waals surface area contributed by atoms with Crippen molar-refractivity contribution in [1.29, 1.82) is 0 Å². The second-order valence-corrected chi connectivity index (χ2v) is 17.7. The molecule has 2 aromatic carbocycles. The minimum Gasteiger partial charge on any atom is -0.480 e. The van der Waals surface area contributed by atoms with Gasteiger partial charge in [0.2, 0.25) is 23.5 Å². The largest absolute Gasteiger partial charge is 0.480 e. The summed E-state index contributed by atoms with van der Waals surface area (Å²) in [6, 6.07) is 10.2. The van der Waals surface area contributed by atoms with Crippen LogP contribution < -0.4 is 36.0 Å². The topological polar surface area (TPSA) is 155 Å². The number of alkyl halides is 3. The maximum atomic E-state index is 16.0. The number of halogens is 4. The van der Waals surface area contributed by atoms with Crippen LogP contribution in [0.2, 0.25) is 5.02 Å². The molecule has 10 rings (SSSR count). The Hall–Kier alpha value is -5.62. The van der Waals surface area contributed by atoms with Gasteiger partial charge < -0.3 is 29.7 Å². The number of piperidine rings is 2. The molecule has 15 nitrogen and oxygen atoms in total. The smallest absolute Gasteiger partial charge is 0.301 e. The highest BCUT2D eigenvalue weighted by Gasteiger charge is 2.51. The van der Waals surface area contributed by atoms with Crippen molar-refractivity contribution in [2.24, 2.45) is 25.9 Å². The summed E-state index contributed by atoms with van der Waals surface area (Å²) in [5, 5.41) is 15.0. The van der Waals surface area contributed by atoms with Crippen molar-refractivity contribution in [3.8, 4) is 5.75 Å². The molecule has 5 aromatic rings. The van der Waals surface area contributed by atoms with Crippen LogP contribution in [0.1, 0.15) is 43.7 Å². The fraction of sp³-hybridized carbons (Fsp3) is 0.488. The number of carbonyl (C=O) groups excluding carboxylic acids is 2. The number of amides is 2. The van der Waals surface area contributed by atoms with E-state index < -0.39 is 36.2 Å². The number of fused-ring (bicyclic) bond motifs is 4. The molecule has 0 spiro atoms. The Kier molecular flexibility index (Phi) is 10.2. The van der Waals surface area contributed by atoms with Crippen molar-refractivity contribution in [2.75, 3.05) is 72.9 Å². The van der Waals surface area contributed by atoms with Crippen LogP contribution in [0, 0.1) is 11.8 Å². The SMILES string of the molecule is Cn1nc(C2CCC(=O)NC2=O)c2ccc(N3CCN(C[C@@H]4CCN(c5ncc(Cl)c(Nc6ccc7c(c6)c6c(c(=O)n7C)OCC(F)(F)C(C7CC7)N6)n5)C[C@H]4F)CC3)cc21. The van der Waals surface area contributed by atoms with Crippen molar-refractivity contribution in [2.45, 2.75) is 56.2 Å². The van der Waals surface area contributed by atoms with Gasteiger partial charge >= 0.3 is 5.92 Å². The summed E-state index contributed by atoms with van der Waals surface area (Å²) in [4.78, 5) is 53.1. The number of hydrogen-bond acceptors (Lipinski definition) is 12. The lowest BCUT2D eigenvalue weighted by Crippen LogP contribution is -2.51. The molecule has 3 aromatic heterocycles. The number of nitrogens with one attached hydrogen (secondary N) is 3. The number of anilines is 5. The van der Waals surface area contributed by atoms with Crippen LogP contribution in [-0.4, -0.2) is 112 Å². The van der Waals surface area contributed by atoms with E-state index in [1.807, 2.05) is 18.0 Å². The average molecular weight is 874 g/mol. The van der Waals surface area contributed by atoms with Crippen LogP contribution in [0.15, 0.2) is 47.4 Å².